The molecule has 5 rings (SSSR count). The fraction of sp³-hybridized carbons (Fsp3) is 0.333. The highest BCUT2D eigenvalue weighted by Gasteiger charge is 2.31. The minimum atomic E-state index is -4.43. The lowest BCUT2D eigenvalue weighted by Crippen LogP contribution is -2.46. The maximum absolute atomic E-state index is 13.0. The number of thiazole rings is 1. The van der Waals surface area contributed by atoms with Gasteiger partial charge >= 0.3 is 6.18 Å². The van der Waals surface area contributed by atoms with E-state index in [-0.39, 0.29) is 19.0 Å². The first-order chi connectivity index (χ1) is 17.6. The number of carbonyl (C=O) groups is 2. The van der Waals surface area contributed by atoms with Gasteiger partial charge in [-0.15, -0.1) is 0 Å². The zero-order valence-electron chi connectivity index (χ0n) is 19.7. The predicted octanol–water partition coefficient (Wildman–Crippen LogP) is 3.66. The molecule has 194 valence electrons. The van der Waals surface area contributed by atoms with E-state index in [1.54, 1.807) is 34.7 Å². The van der Waals surface area contributed by atoms with E-state index in [9.17, 15) is 27.9 Å². The van der Waals surface area contributed by atoms with E-state index < -0.39 is 23.8 Å². The molecular weight excluding hydrogens is 509 g/mol. The molecule has 2 amide bonds. The minimum absolute atomic E-state index is 0.174. The molecule has 0 aliphatic carbocycles. The Morgan fingerprint density at radius 1 is 1.16 bits per heavy atom. The van der Waals surface area contributed by atoms with E-state index in [4.69, 9.17) is 0 Å². The van der Waals surface area contributed by atoms with Gasteiger partial charge in [0.1, 0.15) is 0 Å². The summed E-state index contributed by atoms with van der Waals surface area (Å²) in [5, 5.41) is 15.8. The van der Waals surface area contributed by atoms with Gasteiger partial charge in [-0.2, -0.15) is 13.2 Å². The van der Waals surface area contributed by atoms with Crippen molar-refractivity contribution in [1.82, 2.24) is 24.8 Å². The molecular formula is C24H23F3N6O3S. The molecule has 37 heavy (non-hydrogen) atoms. The van der Waals surface area contributed by atoms with Crippen molar-refractivity contribution in [2.45, 2.75) is 25.1 Å². The summed E-state index contributed by atoms with van der Waals surface area (Å²) in [5.74, 6) is -0.281. The van der Waals surface area contributed by atoms with Crippen molar-refractivity contribution >= 4 is 55.5 Å². The van der Waals surface area contributed by atoms with E-state index in [1.165, 1.54) is 6.07 Å². The van der Waals surface area contributed by atoms with Crippen molar-refractivity contribution in [1.29, 1.82) is 0 Å². The topological polar surface area (TPSA) is 112 Å². The first-order valence-corrected chi connectivity index (χ1v) is 12.4. The molecule has 0 bridgehead atoms. The number of anilines is 2. The van der Waals surface area contributed by atoms with Gasteiger partial charge in [0, 0.05) is 25.7 Å². The Kier molecular flexibility index (Phi) is 6.50. The number of halogens is 3. The maximum atomic E-state index is 13.0. The second kappa shape index (κ2) is 9.63. The molecule has 4 aromatic rings. The number of imidazole rings is 1. The summed E-state index contributed by atoms with van der Waals surface area (Å²) in [6.07, 6.45) is -3.59. The molecule has 2 aromatic carbocycles. The number of amides is 2. The lowest BCUT2D eigenvalue weighted by Gasteiger charge is -2.30. The predicted molar refractivity (Wildman–Crippen MR) is 133 cm³/mol. The molecule has 1 aliphatic rings. The molecule has 1 atom stereocenters. The number of piperidine rings is 1. The van der Waals surface area contributed by atoms with E-state index in [2.05, 4.69) is 20.6 Å². The average molecular weight is 533 g/mol. The third-order valence-corrected chi connectivity index (χ3v) is 7.16. The number of likely N-dealkylation sites (tertiary alicyclic amines) is 1. The molecule has 0 saturated carbocycles. The minimum Gasteiger partial charge on any atom is -0.391 e. The first kappa shape index (κ1) is 25.0. The summed E-state index contributed by atoms with van der Waals surface area (Å²) in [6.45, 7) is 0.647. The van der Waals surface area contributed by atoms with Crippen molar-refractivity contribution in [2.75, 3.05) is 25.0 Å². The lowest BCUT2D eigenvalue weighted by atomic mass is 10.1. The molecule has 3 heterocycles. The number of aliphatic hydroxyl groups is 1. The van der Waals surface area contributed by atoms with Crippen LogP contribution in [0.1, 0.15) is 28.8 Å². The smallest absolute Gasteiger partial charge is 0.391 e. The fourth-order valence-electron chi connectivity index (χ4n) is 4.25. The van der Waals surface area contributed by atoms with Gasteiger partial charge in [0.2, 0.25) is 11.9 Å². The van der Waals surface area contributed by atoms with Crippen molar-refractivity contribution in [3.8, 4) is 0 Å². The van der Waals surface area contributed by atoms with Crippen LogP contribution in [0.4, 0.5) is 24.3 Å². The number of fused-ring (bicyclic) bond motifs is 2. The normalized spacial score (nSPS) is 16.4. The molecule has 1 saturated heterocycles. The first-order valence-electron chi connectivity index (χ1n) is 11.5. The van der Waals surface area contributed by atoms with Crippen LogP contribution in [0, 0.1) is 0 Å². The zero-order chi connectivity index (χ0) is 26.3. The Hall–Kier alpha value is -3.71. The Balaban J connectivity index is 1.29. The summed E-state index contributed by atoms with van der Waals surface area (Å²) in [6, 6.07) is 8.33. The maximum Gasteiger partial charge on any atom is 0.416 e. The zero-order valence-corrected chi connectivity index (χ0v) is 20.5. The van der Waals surface area contributed by atoms with Gasteiger partial charge in [0.25, 0.3) is 5.91 Å². The van der Waals surface area contributed by atoms with Gasteiger partial charge in [-0.3, -0.25) is 9.59 Å². The molecule has 13 heteroatoms. The number of aliphatic hydroxyl groups excluding tert-OH is 1. The van der Waals surface area contributed by atoms with Crippen LogP contribution >= 0.6 is 11.3 Å². The number of benzene rings is 2. The van der Waals surface area contributed by atoms with Crippen LogP contribution in [0.25, 0.3) is 21.3 Å². The van der Waals surface area contributed by atoms with Gasteiger partial charge in [-0.1, -0.05) is 11.3 Å². The number of nitrogens with one attached hydrogen (secondary N) is 2. The van der Waals surface area contributed by atoms with Crippen LogP contribution in [-0.2, 0) is 18.0 Å². The molecule has 3 N–H and O–H groups in total. The van der Waals surface area contributed by atoms with Crippen LogP contribution in [-0.4, -0.2) is 62.1 Å². The average Bonchev–Trinajstić information content (AvgIpc) is 3.41. The highest BCUT2D eigenvalue weighted by molar-refractivity contribution is 7.22. The number of β-amino-alcohol motifs (C(OH)–C–C–N with tert-alkyl or cyclic N) is 1. The van der Waals surface area contributed by atoms with E-state index in [0.29, 0.717) is 45.3 Å². The number of aromatic nitrogens is 3. The molecule has 9 nitrogen and oxygen atoms in total. The molecule has 0 spiro atoms. The molecule has 1 fully saturated rings. The summed E-state index contributed by atoms with van der Waals surface area (Å²) < 4.78 is 41.2. The summed E-state index contributed by atoms with van der Waals surface area (Å²) in [5.41, 5.74) is 1.26. The number of alkyl halides is 3. The number of carbonyl (C=O) groups excluding carboxylic acids is 2. The van der Waals surface area contributed by atoms with Gasteiger partial charge in [-0.05, 0) is 49.2 Å². The second-order valence-electron chi connectivity index (χ2n) is 8.84. The Morgan fingerprint density at radius 2 is 1.97 bits per heavy atom. The molecule has 2 aromatic heterocycles. The third-order valence-electron chi connectivity index (χ3n) is 6.23. The summed E-state index contributed by atoms with van der Waals surface area (Å²) in [4.78, 5) is 35.4. The number of nitrogens with zero attached hydrogens (tertiary/aromatic N) is 4. The van der Waals surface area contributed by atoms with Crippen LogP contribution in [0.5, 0.6) is 0 Å². The van der Waals surface area contributed by atoms with Gasteiger partial charge < -0.3 is 25.2 Å². The van der Waals surface area contributed by atoms with Crippen molar-refractivity contribution in [3.63, 3.8) is 0 Å². The fourth-order valence-corrected chi connectivity index (χ4v) is 5.15. The number of hydrogen-bond acceptors (Lipinski definition) is 7. The van der Waals surface area contributed by atoms with Gasteiger partial charge in [-0.25, -0.2) is 9.97 Å². The SMILES string of the molecule is Cn1c(Nc2nc3ccc(C(F)(F)F)cc3s2)nc2cc(C(=O)NCC(=O)N3CCC[C@@H](O)C3)ccc21. The summed E-state index contributed by atoms with van der Waals surface area (Å²) in [7, 11) is 1.76. The van der Waals surface area contributed by atoms with E-state index in [0.717, 1.165) is 35.4 Å². The Morgan fingerprint density at radius 3 is 2.73 bits per heavy atom. The largest absolute Gasteiger partial charge is 0.416 e. The highest BCUT2D eigenvalue weighted by atomic mass is 32.1. The van der Waals surface area contributed by atoms with Crippen LogP contribution in [0.15, 0.2) is 36.4 Å². The van der Waals surface area contributed by atoms with Crippen LogP contribution < -0.4 is 10.6 Å². The van der Waals surface area contributed by atoms with Crippen molar-refractivity contribution in [3.05, 3.63) is 47.5 Å². The Bertz CT molecular complexity index is 1500. The molecule has 1 aliphatic heterocycles. The summed E-state index contributed by atoms with van der Waals surface area (Å²) >= 11 is 1.08. The molecule has 0 unspecified atom stereocenters. The standard InChI is InChI=1S/C24H23F3N6O3S/c1-32-18-7-4-13(21(36)28-11-20(35)33-8-2-3-15(34)12-33)9-17(18)29-22(32)31-23-30-16-6-5-14(24(25,26)27)10-19(16)37-23/h4-7,9-10,15,34H,2-3,8,11-12H2,1H3,(H,28,36)(H,29,30,31)/t15-/m1/s1. The molecule has 0 radical (unpaired) electrons. The monoisotopic (exact) mass is 532 g/mol. The van der Waals surface area contributed by atoms with E-state index in [1.807, 2.05) is 0 Å². The second-order valence-corrected chi connectivity index (χ2v) is 9.87. The Labute approximate surface area is 212 Å². The quantitative estimate of drug-likeness (QED) is 0.362. The van der Waals surface area contributed by atoms with Gasteiger partial charge in [0.05, 0.1) is 39.5 Å². The van der Waals surface area contributed by atoms with Crippen LogP contribution in [0.2, 0.25) is 0 Å². The van der Waals surface area contributed by atoms with E-state index >= 15 is 0 Å². The lowest BCUT2D eigenvalue weighted by molar-refractivity contribution is -0.137. The van der Waals surface area contributed by atoms with Crippen molar-refractivity contribution < 1.29 is 27.9 Å². The van der Waals surface area contributed by atoms with Gasteiger partial charge in [0.15, 0.2) is 5.13 Å². The third kappa shape index (κ3) is 5.23. The van der Waals surface area contributed by atoms with Crippen LogP contribution in [0.3, 0.4) is 0 Å². The number of aryl methyl sites for hydroxylation is 1. The number of rotatable bonds is 5. The van der Waals surface area contributed by atoms with Crippen molar-refractivity contribution in [2.24, 2.45) is 7.05 Å². The number of hydrogen-bond donors (Lipinski definition) is 3. The highest BCUT2D eigenvalue weighted by Crippen LogP contribution is 2.35.